The van der Waals surface area contributed by atoms with Crippen molar-refractivity contribution in [3.05, 3.63) is 53.6 Å². The van der Waals surface area contributed by atoms with Gasteiger partial charge >= 0.3 is 0 Å². The van der Waals surface area contributed by atoms with Crippen LogP contribution >= 0.6 is 0 Å². The third-order valence-corrected chi connectivity index (χ3v) is 3.52. The van der Waals surface area contributed by atoms with Gasteiger partial charge in [0.1, 0.15) is 5.75 Å². The lowest BCUT2D eigenvalue weighted by atomic mass is 10.1. The number of anilines is 2. The van der Waals surface area contributed by atoms with E-state index in [9.17, 15) is 4.79 Å². The summed E-state index contributed by atoms with van der Waals surface area (Å²) in [6, 6.07) is 12.8. The Labute approximate surface area is 142 Å². The second kappa shape index (κ2) is 8.79. The highest BCUT2D eigenvalue weighted by molar-refractivity contribution is 6.00. The van der Waals surface area contributed by atoms with Crippen LogP contribution in [0.15, 0.2) is 42.5 Å². The normalized spacial score (nSPS) is 10.2. The van der Waals surface area contributed by atoms with Gasteiger partial charge in [-0.05, 0) is 35.9 Å². The summed E-state index contributed by atoms with van der Waals surface area (Å²) in [5, 5.41) is 6.08. The molecule has 0 heterocycles. The van der Waals surface area contributed by atoms with Gasteiger partial charge in [-0.3, -0.25) is 4.79 Å². The van der Waals surface area contributed by atoms with E-state index in [1.165, 1.54) is 0 Å². The molecular weight excluding hydrogens is 306 g/mol. The van der Waals surface area contributed by atoms with Crippen LogP contribution in [0.4, 0.5) is 11.4 Å². The van der Waals surface area contributed by atoms with Gasteiger partial charge in [0.05, 0.1) is 19.3 Å². The highest BCUT2D eigenvalue weighted by Gasteiger charge is 2.11. The van der Waals surface area contributed by atoms with Crippen molar-refractivity contribution in [2.24, 2.45) is 0 Å². The molecule has 0 aromatic heterocycles. The van der Waals surface area contributed by atoms with Gasteiger partial charge in [-0.2, -0.15) is 0 Å². The van der Waals surface area contributed by atoms with E-state index in [2.05, 4.69) is 10.6 Å². The molecule has 2 aromatic carbocycles. The minimum absolute atomic E-state index is 0.182. The highest BCUT2D eigenvalue weighted by Crippen LogP contribution is 2.19. The van der Waals surface area contributed by atoms with Crippen molar-refractivity contribution >= 4 is 17.3 Å². The molecule has 0 saturated heterocycles. The van der Waals surface area contributed by atoms with Crippen LogP contribution in [0, 0.1) is 0 Å². The smallest absolute Gasteiger partial charge is 0.253 e. The van der Waals surface area contributed by atoms with Gasteiger partial charge in [0.25, 0.3) is 5.91 Å². The van der Waals surface area contributed by atoms with Crippen LogP contribution in [0.1, 0.15) is 15.9 Å². The predicted octanol–water partition coefficient (Wildman–Crippen LogP) is 2.27. The molecule has 0 aliphatic rings. The summed E-state index contributed by atoms with van der Waals surface area (Å²) >= 11 is 0. The zero-order valence-corrected chi connectivity index (χ0v) is 14.0. The molecule has 0 saturated carbocycles. The monoisotopic (exact) mass is 329 g/mol. The van der Waals surface area contributed by atoms with Gasteiger partial charge in [-0.15, -0.1) is 0 Å². The van der Waals surface area contributed by atoms with Crippen LogP contribution in [0.25, 0.3) is 0 Å². The summed E-state index contributed by atoms with van der Waals surface area (Å²) in [6.07, 6.45) is 0. The molecule has 6 heteroatoms. The van der Waals surface area contributed by atoms with Crippen LogP contribution < -0.4 is 21.1 Å². The molecule has 4 N–H and O–H groups in total. The van der Waals surface area contributed by atoms with Crippen molar-refractivity contribution in [1.29, 1.82) is 0 Å². The fraction of sp³-hybridized carbons (Fsp3) is 0.278. The number of hydrogen-bond acceptors (Lipinski definition) is 5. The standard InChI is InChI=1S/C18H23N3O3/c1-23-10-9-20-17-8-5-14(19)11-16(17)18(22)21-12-13-3-6-15(24-2)7-4-13/h3-8,11,20H,9-10,12,19H2,1-2H3,(H,21,22). The maximum Gasteiger partial charge on any atom is 0.253 e. The minimum atomic E-state index is -0.182. The van der Waals surface area contributed by atoms with E-state index in [1.54, 1.807) is 32.4 Å². The van der Waals surface area contributed by atoms with Crippen molar-refractivity contribution in [2.45, 2.75) is 6.54 Å². The first kappa shape index (κ1) is 17.6. The van der Waals surface area contributed by atoms with Gasteiger partial charge < -0.3 is 25.8 Å². The molecule has 0 aliphatic heterocycles. The number of methoxy groups -OCH3 is 2. The SMILES string of the molecule is COCCNc1ccc(N)cc1C(=O)NCc1ccc(OC)cc1. The molecule has 0 fully saturated rings. The number of carbonyl (C=O) groups excluding carboxylic acids is 1. The van der Waals surface area contributed by atoms with E-state index in [0.29, 0.717) is 30.9 Å². The Kier molecular flexibility index (Phi) is 6.45. The summed E-state index contributed by atoms with van der Waals surface area (Å²) in [4.78, 5) is 12.5. The minimum Gasteiger partial charge on any atom is -0.497 e. The lowest BCUT2D eigenvalue weighted by Gasteiger charge is -2.13. The maximum absolute atomic E-state index is 12.5. The second-order valence-corrected chi connectivity index (χ2v) is 5.26. The van der Waals surface area contributed by atoms with Crippen LogP contribution in [-0.2, 0) is 11.3 Å². The number of nitrogens with two attached hydrogens (primary N) is 1. The summed E-state index contributed by atoms with van der Waals surface area (Å²) in [5.74, 6) is 0.601. The molecule has 2 rings (SSSR count). The van der Waals surface area contributed by atoms with Crippen molar-refractivity contribution in [3.8, 4) is 5.75 Å². The molecule has 0 radical (unpaired) electrons. The first-order chi connectivity index (χ1) is 11.6. The lowest BCUT2D eigenvalue weighted by Crippen LogP contribution is -2.24. The third kappa shape index (κ3) is 4.89. The molecule has 0 aliphatic carbocycles. The molecule has 24 heavy (non-hydrogen) atoms. The van der Waals surface area contributed by atoms with E-state index >= 15 is 0 Å². The molecule has 6 nitrogen and oxygen atoms in total. The quantitative estimate of drug-likeness (QED) is 0.511. The first-order valence-electron chi connectivity index (χ1n) is 7.67. The molecule has 2 aromatic rings. The summed E-state index contributed by atoms with van der Waals surface area (Å²) < 4.78 is 10.1. The lowest BCUT2D eigenvalue weighted by molar-refractivity contribution is 0.0951. The topological polar surface area (TPSA) is 85.6 Å². The Hall–Kier alpha value is -2.73. The Morgan fingerprint density at radius 3 is 2.54 bits per heavy atom. The number of rotatable bonds is 8. The number of nitrogen functional groups attached to an aromatic ring is 1. The number of benzene rings is 2. The van der Waals surface area contributed by atoms with Gasteiger partial charge in [0, 0.05) is 31.6 Å². The van der Waals surface area contributed by atoms with E-state index in [1.807, 2.05) is 24.3 Å². The fourth-order valence-electron chi connectivity index (χ4n) is 2.21. The summed E-state index contributed by atoms with van der Waals surface area (Å²) in [6.45, 7) is 1.59. The average Bonchev–Trinajstić information content (AvgIpc) is 2.61. The fourth-order valence-corrected chi connectivity index (χ4v) is 2.21. The van der Waals surface area contributed by atoms with Crippen LogP contribution in [0.2, 0.25) is 0 Å². The van der Waals surface area contributed by atoms with Crippen molar-refractivity contribution in [1.82, 2.24) is 5.32 Å². The Bertz CT molecular complexity index is 672. The number of ether oxygens (including phenoxy) is 2. The van der Waals surface area contributed by atoms with E-state index in [-0.39, 0.29) is 5.91 Å². The Morgan fingerprint density at radius 1 is 1.12 bits per heavy atom. The zero-order chi connectivity index (χ0) is 17.4. The highest BCUT2D eigenvalue weighted by atomic mass is 16.5. The molecule has 0 atom stereocenters. The predicted molar refractivity (Wildman–Crippen MR) is 95.4 cm³/mol. The average molecular weight is 329 g/mol. The molecular formula is C18H23N3O3. The second-order valence-electron chi connectivity index (χ2n) is 5.26. The Morgan fingerprint density at radius 2 is 1.88 bits per heavy atom. The van der Waals surface area contributed by atoms with E-state index < -0.39 is 0 Å². The zero-order valence-electron chi connectivity index (χ0n) is 14.0. The number of nitrogens with one attached hydrogen (secondary N) is 2. The molecule has 0 unspecified atom stereocenters. The van der Waals surface area contributed by atoms with Crippen molar-refractivity contribution in [3.63, 3.8) is 0 Å². The van der Waals surface area contributed by atoms with Crippen LogP contribution in [-0.4, -0.2) is 33.3 Å². The van der Waals surface area contributed by atoms with E-state index in [4.69, 9.17) is 15.2 Å². The van der Waals surface area contributed by atoms with Gasteiger partial charge in [0.15, 0.2) is 0 Å². The van der Waals surface area contributed by atoms with Gasteiger partial charge in [-0.25, -0.2) is 0 Å². The molecule has 128 valence electrons. The summed E-state index contributed by atoms with van der Waals surface area (Å²) in [7, 11) is 3.25. The van der Waals surface area contributed by atoms with Gasteiger partial charge in [-0.1, -0.05) is 12.1 Å². The molecule has 1 amide bonds. The van der Waals surface area contributed by atoms with Crippen molar-refractivity contribution in [2.75, 3.05) is 38.4 Å². The molecule has 0 spiro atoms. The van der Waals surface area contributed by atoms with Crippen LogP contribution in [0.5, 0.6) is 5.75 Å². The summed E-state index contributed by atoms with van der Waals surface area (Å²) in [5.41, 5.74) is 8.59. The van der Waals surface area contributed by atoms with Gasteiger partial charge in [0.2, 0.25) is 0 Å². The molecule has 0 bridgehead atoms. The largest absolute Gasteiger partial charge is 0.497 e. The number of amides is 1. The number of carbonyl (C=O) groups is 1. The Balaban J connectivity index is 2.03. The van der Waals surface area contributed by atoms with Crippen LogP contribution in [0.3, 0.4) is 0 Å². The van der Waals surface area contributed by atoms with E-state index in [0.717, 1.165) is 17.0 Å². The third-order valence-electron chi connectivity index (χ3n) is 3.52. The first-order valence-corrected chi connectivity index (χ1v) is 7.67. The number of hydrogen-bond donors (Lipinski definition) is 3. The maximum atomic E-state index is 12.5. The van der Waals surface area contributed by atoms with Crippen molar-refractivity contribution < 1.29 is 14.3 Å².